The zero-order valence-electron chi connectivity index (χ0n) is 16.6. The number of hydrogen-bond acceptors (Lipinski definition) is 4. The van der Waals surface area contributed by atoms with Crippen LogP contribution in [0.2, 0.25) is 0 Å². The highest BCUT2D eigenvalue weighted by atomic mass is 32.2. The third kappa shape index (κ3) is 5.61. The van der Waals surface area contributed by atoms with Crippen LogP contribution in [0.1, 0.15) is 35.3 Å². The summed E-state index contributed by atoms with van der Waals surface area (Å²) in [5.74, 6) is -2.69. The van der Waals surface area contributed by atoms with Gasteiger partial charge in [-0.05, 0) is 43.5 Å². The molecule has 0 unspecified atom stereocenters. The minimum Gasteiger partial charge on any atom is -0.271 e. The molecule has 2 rings (SSSR count). The molecule has 3 N–H and O–H groups in total. The Kier molecular flexibility index (Phi) is 7.10. The maximum atomic E-state index is 13.9. The number of amides is 2. The Morgan fingerprint density at radius 2 is 1.66 bits per heavy atom. The average Bonchev–Trinajstić information content (AvgIpc) is 2.64. The molecule has 2 aromatic carbocycles. The van der Waals surface area contributed by atoms with Crippen molar-refractivity contribution in [1.29, 1.82) is 0 Å². The van der Waals surface area contributed by atoms with Crippen molar-refractivity contribution in [2.45, 2.75) is 38.6 Å². The van der Waals surface area contributed by atoms with Crippen molar-refractivity contribution in [3.8, 4) is 0 Å². The molecule has 2 amide bonds. The number of rotatable bonds is 6. The molecular formula is C20H24FN3O4S. The Morgan fingerprint density at radius 3 is 2.24 bits per heavy atom. The number of halogens is 1. The van der Waals surface area contributed by atoms with Gasteiger partial charge in [-0.25, -0.2) is 12.8 Å². The molecule has 0 saturated carbocycles. The Morgan fingerprint density at radius 1 is 1.00 bits per heavy atom. The molecule has 0 fully saturated rings. The minimum atomic E-state index is -4.28. The molecule has 0 aliphatic heterocycles. The first-order valence-corrected chi connectivity index (χ1v) is 10.5. The van der Waals surface area contributed by atoms with E-state index in [1.165, 1.54) is 12.1 Å². The van der Waals surface area contributed by atoms with Gasteiger partial charge < -0.3 is 0 Å². The van der Waals surface area contributed by atoms with E-state index in [2.05, 4.69) is 15.6 Å². The summed E-state index contributed by atoms with van der Waals surface area (Å²) in [5.41, 5.74) is 6.62. The molecule has 2 aromatic rings. The number of aryl methyl sites for hydroxylation is 2. The lowest BCUT2D eigenvalue weighted by atomic mass is 10.1. The summed E-state index contributed by atoms with van der Waals surface area (Å²) in [4.78, 5) is 24.3. The van der Waals surface area contributed by atoms with E-state index in [4.69, 9.17) is 0 Å². The van der Waals surface area contributed by atoms with Gasteiger partial charge in [-0.15, -0.1) is 0 Å². The zero-order valence-corrected chi connectivity index (χ0v) is 17.4. The van der Waals surface area contributed by atoms with Gasteiger partial charge in [0.2, 0.25) is 10.0 Å². The fourth-order valence-corrected chi connectivity index (χ4v) is 4.14. The van der Waals surface area contributed by atoms with Gasteiger partial charge in [0, 0.05) is 5.56 Å². The van der Waals surface area contributed by atoms with Crippen LogP contribution in [0, 0.1) is 25.6 Å². The van der Waals surface area contributed by atoms with Gasteiger partial charge >= 0.3 is 0 Å². The lowest BCUT2D eigenvalue weighted by Gasteiger charge is -2.22. The number of hydrogen-bond donors (Lipinski definition) is 3. The lowest BCUT2D eigenvalue weighted by Crippen LogP contribution is -2.54. The summed E-state index contributed by atoms with van der Waals surface area (Å²) in [6, 6.07) is 8.87. The number of nitrogens with one attached hydrogen (secondary N) is 3. The second kappa shape index (κ2) is 9.15. The largest absolute Gasteiger partial charge is 0.271 e. The highest BCUT2D eigenvalue weighted by Crippen LogP contribution is 2.15. The number of benzene rings is 2. The summed E-state index contributed by atoms with van der Waals surface area (Å²) in [6.07, 6.45) is 0. The van der Waals surface area contributed by atoms with Crippen LogP contribution in [-0.2, 0) is 14.8 Å². The quantitative estimate of drug-likeness (QED) is 0.622. The monoisotopic (exact) mass is 421 g/mol. The van der Waals surface area contributed by atoms with Gasteiger partial charge in [0.1, 0.15) is 16.8 Å². The first-order chi connectivity index (χ1) is 13.5. The minimum absolute atomic E-state index is 0.379. The molecule has 0 heterocycles. The summed E-state index contributed by atoms with van der Waals surface area (Å²) in [7, 11) is -4.28. The summed E-state index contributed by atoms with van der Waals surface area (Å²) < 4.78 is 41.0. The van der Waals surface area contributed by atoms with E-state index in [0.717, 1.165) is 23.3 Å². The molecule has 0 radical (unpaired) electrons. The van der Waals surface area contributed by atoms with Crippen LogP contribution < -0.4 is 15.6 Å². The second-order valence-corrected chi connectivity index (χ2v) is 8.72. The molecule has 0 spiro atoms. The first-order valence-electron chi connectivity index (χ1n) is 8.97. The summed E-state index contributed by atoms with van der Waals surface area (Å²) >= 11 is 0. The van der Waals surface area contributed by atoms with E-state index in [1.54, 1.807) is 32.9 Å². The van der Waals surface area contributed by atoms with Crippen molar-refractivity contribution in [1.82, 2.24) is 15.6 Å². The van der Waals surface area contributed by atoms with E-state index in [-0.39, 0.29) is 0 Å². The van der Waals surface area contributed by atoms with Crippen molar-refractivity contribution >= 4 is 21.8 Å². The topological polar surface area (TPSA) is 104 Å². The fourth-order valence-electron chi connectivity index (χ4n) is 2.72. The van der Waals surface area contributed by atoms with Crippen LogP contribution in [0.4, 0.5) is 4.39 Å². The second-order valence-electron chi connectivity index (χ2n) is 7.04. The van der Waals surface area contributed by atoms with Crippen LogP contribution in [-0.4, -0.2) is 26.3 Å². The van der Waals surface area contributed by atoms with E-state index < -0.39 is 44.5 Å². The van der Waals surface area contributed by atoms with Crippen LogP contribution >= 0.6 is 0 Å². The van der Waals surface area contributed by atoms with E-state index in [0.29, 0.717) is 5.56 Å². The number of carbonyl (C=O) groups excluding carboxylic acids is 2. The summed E-state index contributed by atoms with van der Waals surface area (Å²) in [6.45, 7) is 6.91. The van der Waals surface area contributed by atoms with Crippen LogP contribution in [0.5, 0.6) is 0 Å². The SMILES string of the molecule is Cc1ccc(C(=O)NNC(=O)[C@H](NS(=O)(=O)c2ccccc2F)C(C)C)c(C)c1. The lowest BCUT2D eigenvalue weighted by molar-refractivity contribution is -0.124. The average molecular weight is 421 g/mol. The molecule has 156 valence electrons. The van der Waals surface area contributed by atoms with Crippen molar-refractivity contribution in [3.63, 3.8) is 0 Å². The molecule has 0 aliphatic rings. The zero-order chi connectivity index (χ0) is 21.8. The van der Waals surface area contributed by atoms with Gasteiger partial charge in [0.25, 0.3) is 11.8 Å². The van der Waals surface area contributed by atoms with Crippen molar-refractivity contribution in [3.05, 3.63) is 65.0 Å². The van der Waals surface area contributed by atoms with Gasteiger partial charge in [-0.2, -0.15) is 4.72 Å². The maximum Gasteiger partial charge on any atom is 0.269 e. The molecule has 0 saturated heterocycles. The van der Waals surface area contributed by atoms with Gasteiger partial charge in [0.15, 0.2) is 0 Å². The Hall–Kier alpha value is -2.78. The molecule has 9 heteroatoms. The number of hydrazine groups is 1. The molecule has 29 heavy (non-hydrogen) atoms. The number of sulfonamides is 1. The highest BCUT2D eigenvalue weighted by molar-refractivity contribution is 7.89. The van der Waals surface area contributed by atoms with Crippen molar-refractivity contribution < 1.29 is 22.4 Å². The van der Waals surface area contributed by atoms with Crippen molar-refractivity contribution in [2.24, 2.45) is 5.92 Å². The molecule has 1 atom stereocenters. The number of carbonyl (C=O) groups is 2. The first kappa shape index (κ1) is 22.5. The van der Waals surface area contributed by atoms with E-state index in [9.17, 15) is 22.4 Å². The third-order valence-corrected chi connectivity index (χ3v) is 5.76. The Balaban J connectivity index is 2.11. The standard InChI is InChI=1S/C20H24FN3O4S/c1-12(2)18(24-29(27,28)17-8-6-5-7-16(17)21)20(26)23-22-19(25)15-10-9-13(3)11-14(15)4/h5-12,18,24H,1-4H3,(H,22,25)(H,23,26)/t18-/m1/s1. The molecule has 0 bridgehead atoms. The third-order valence-electron chi connectivity index (χ3n) is 4.28. The Labute approximate surface area is 169 Å². The smallest absolute Gasteiger partial charge is 0.269 e. The maximum absolute atomic E-state index is 13.9. The van der Waals surface area contributed by atoms with Crippen molar-refractivity contribution in [2.75, 3.05) is 0 Å². The Bertz CT molecular complexity index is 1020. The van der Waals surface area contributed by atoms with Gasteiger partial charge in [-0.1, -0.05) is 43.7 Å². The molecule has 7 nitrogen and oxygen atoms in total. The van der Waals surface area contributed by atoms with E-state index >= 15 is 0 Å². The van der Waals surface area contributed by atoms with Crippen LogP contribution in [0.25, 0.3) is 0 Å². The summed E-state index contributed by atoms with van der Waals surface area (Å²) in [5, 5.41) is 0. The predicted octanol–water partition coefficient (Wildman–Crippen LogP) is 2.21. The molecule has 0 aromatic heterocycles. The van der Waals surface area contributed by atoms with E-state index in [1.807, 2.05) is 13.0 Å². The molecule has 0 aliphatic carbocycles. The normalized spacial score (nSPS) is 12.5. The van der Waals surface area contributed by atoms with Crippen LogP contribution in [0.15, 0.2) is 47.4 Å². The highest BCUT2D eigenvalue weighted by Gasteiger charge is 2.30. The predicted molar refractivity (Wildman–Crippen MR) is 107 cm³/mol. The molecular weight excluding hydrogens is 397 g/mol. The van der Waals surface area contributed by atoms with Gasteiger partial charge in [-0.3, -0.25) is 20.4 Å². The fraction of sp³-hybridized carbons (Fsp3) is 0.300. The van der Waals surface area contributed by atoms with Crippen LogP contribution in [0.3, 0.4) is 0 Å². The van der Waals surface area contributed by atoms with Gasteiger partial charge in [0.05, 0.1) is 0 Å².